The van der Waals surface area contributed by atoms with E-state index in [2.05, 4.69) is 37.5 Å². The van der Waals surface area contributed by atoms with Gasteiger partial charge in [-0.1, -0.05) is 0 Å². The number of anilines is 1. The van der Waals surface area contributed by atoms with Crippen LogP contribution in [-0.4, -0.2) is 34.3 Å². The molecule has 0 spiro atoms. The highest BCUT2D eigenvalue weighted by molar-refractivity contribution is 14.1. The first-order valence-electron chi connectivity index (χ1n) is 4.16. The number of aliphatic hydroxyl groups is 1. The van der Waals surface area contributed by atoms with Gasteiger partial charge in [0.25, 0.3) is 0 Å². The largest absolute Gasteiger partial charge is 0.391 e. The molecule has 1 saturated heterocycles. The molecule has 0 aliphatic carbocycles. The van der Waals surface area contributed by atoms with Crippen molar-refractivity contribution in [3.8, 4) is 0 Å². The molecule has 2 rings (SSSR count). The van der Waals surface area contributed by atoms with Crippen LogP contribution in [0.1, 0.15) is 6.42 Å². The monoisotopic (exact) mass is 291 g/mol. The average Bonchev–Trinajstić information content (AvgIpc) is 2.53. The second-order valence-corrected chi connectivity index (χ2v) is 4.24. The minimum atomic E-state index is -0.203. The Morgan fingerprint density at radius 2 is 2.46 bits per heavy atom. The van der Waals surface area contributed by atoms with Gasteiger partial charge < -0.3 is 10.0 Å². The smallest absolute Gasteiger partial charge is 0.145 e. The Bertz CT molecular complexity index is 307. The first kappa shape index (κ1) is 9.14. The molecule has 1 atom stereocenters. The Morgan fingerprint density at radius 1 is 1.62 bits per heavy atom. The fourth-order valence-electron chi connectivity index (χ4n) is 1.47. The zero-order chi connectivity index (χ0) is 9.26. The summed E-state index contributed by atoms with van der Waals surface area (Å²) in [5.41, 5.74) is 0. The standard InChI is InChI=1S/C8H10IN3O/c9-7-3-10-5-11-8(7)12-2-1-6(13)4-12/h3,5-6,13H,1-2,4H2. The molecular weight excluding hydrogens is 281 g/mol. The van der Waals surface area contributed by atoms with Gasteiger partial charge >= 0.3 is 0 Å². The van der Waals surface area contributed by atoms with E-state index in [4.69, 9.17) is 0 Å². The van der Waals surface area contributed by atoms with E-state index in [9.17, 15) is 5.11 Å². The molecule has 70 valence electrons. The molecular formula is C8H10IN3O. The Labute approximate surface area is 90.1 Å². The van der Waals surface area contributed by atoms with E-state index in [1.807, 2.05) is 0 Å². The number of aliphatic hydroxyl groups excluding tert-OH is 1. The lowest BCUT2D eigenvalue weighted by molar-refractivity contribution is 0.198. The number of hydrogen-bond acceptors (Lipinski definition) is 4. The minimum Gasteiger partial charge on any atom is -0.391 e. The summed E-state index contributed by atoms with van der Waals surface area (Å²) in [6.45, 7) is 1.57. The summed E-state index contributed by atoms with van der Waals surface area (Å²) in [7, 11) is 0. The molecule has 1 unspecified atom stereocenters. The maximum Gasteiger partial charge on any atom is 0.145 e. The van der Waals surface area contributed by atoms with Gasteiger partial charge in [-0.3, -0.25) is 0 Å². The second kappa shape index (κ2) is 3.75. The predicted molar refractivity (Wildman–Crippen MR) is 57.6 cm³/mol. The molecule has 5 heteroatoms. The van der Waals surface area contributed by atoms with Crippen molar-refractivity contribution in [2.24, 2.45) is 0 Å². The maximum absolute atomic E-state index is 9.36. The van der Waals surface area contributed by atoms with Crippen molar-refractivity contribution >= 4 is 28.4 Å². The highest BCUT2D eigenvalue weighted by Crippen LogP contribution is 2.22. The van der Waals surface area contributed by atoms with Crippen LogP contribution in [0.5, 0.6) is 0 Å². The number of aromatic nitrogens is 2. The van der Waals surface area contributed by atoms with Crippen molar-refractivity contribution in [2.75, 3.05) is 18.0 Å². The minimum absolute atomic E-state index is 0.203. The van der Waals surface area contributed by atoms with E-state index in [1.54, 1.807) is 12.5 Å². The molecule has 1 aliphatic heterocycles. The van der Waals surface area contributed by atoms with Crippen molar-refractivity contribution in [3.05, 3.63) is 16.1 Å². The van der Waals surface area contributed by atoms with E-state index in [0.717, 1.165) is 22.4 Å². The third-order valence-electron chi connectivity index (χ3n) is 2.11. The van der Waals surface area contributed by atoms with Crippen LogP contribution in [0.15, 0.2) is 12.5 Å². The summed E-state index contributed by atoms with van der Waals surface area (Å²) >= 11 is 2.21. The summed E-state index contributed by atoms with van der Waals surface area (Å²) in [5.74, 6) is 0.937. The van der Waals surface area contributed by atoms with Gasteiger partial charge in [-0.25, -0.2) is 9.97 Å². The topological polar surface area (TPSA) is 49.2 Å². The molecule has 1 aliphatic rings. The number of halogens is 1. The Balaban J connectivity index is 2.21. The van der Waals surface area contributed by atoms with Crippen LogP contribution in [0, 0.1) is 3.57 Å². The van der Waals surface area contributed by atoms with Crippen LogP contribution in [-0.2, 0) is 0 Å². The van der Waals surface area contributed by atoms with E-state index in [-0.39, 0.29) is 6.10 Å². The summed E-state index contributed by atoms with van der Waals surface area (Å²) < 4.78 is 1.04. The van der Waals surface area contributed by atoms with Crippen LogP contribution in [0.25, 0.3) is 0 Å². The van der Waals surface area contributed by atoms with Crippen LogP contribution < -0.4 is 4.90 Å². The number of β-amino-alcohol motifs (C(OH)–C–C–N with tert-alkyl or cyclic N) is 1. The molecule has 0 saturated carbocycles. The lowest BCUT2D eigenvalue weighted by atomic mass is 10.3. The molecule has 1 fully saturated rings. The van der Waals surface area contributed by atoms with Crippen molar-refractivity contribution in [2.45, 2.75) is 12.5 Å². The fourth-order valence-corrected chi connectivity index (χ4v) is 2.11. The quantitative estimate of drug-likeness (QED) is 0.772. The van der Waals surface area contributed by atoms with Gasteiger partial charge in [-0.05, 0) is 29.0 Å². The van der Waals surface area contributed by atoms with Gasteiger partial charge in [0, 0.05) is 19.3 Å². The van der Waals surface area contributed by atoms with Crippen molar-refractivity contribution < 1.29 is 5.11 Å². The summed E-state index contributed by atoms with van der Waals surface area (Å²) in [4.78, 5) is 10.2. The summed E-state index contributed by atoms with van der Waals surface area (Å²) in [6, 6.07) is 0. The third kappa shape index (κ3) is 1.91. The van der Waals surface area contributed by atoms with Gasteiger partial charge in [0.1, 0.15) is 12.1 Å². The first-order chi connectivity index (χ1) is 6.27. The fraction of sp³-hybridized carbons (Fsp3) is 0.500. The van der Waals surface area contributed by atoms with Crippen LogP contribution in [0.4, 0.5) is 5.82 Å². The second-order valence-electron chi connectivity index (χ2n) is 3.08. The molecule has 4 nitrogen and oxygen atoms in total. The van der Waals surface area contributed by atoms with Crippen LogP contribution >= 0.6 is 22.6 Å². The lowest BCUT2D eigenvalue weighted by Gasteiger charge is -2.16. The summed E-state index contributed by atoms with van der Waals surface area (Å²) in [6.07, 6.45) is 3.96. The average molecular weight is 291 g/mol. The number of hydrogen-bond donors (Lipinski definition) is 1. The summed E-state index contributed by atoms with van der Waals surface area (Å²) in [5, 5.41) is 9.36. The van der Waals surface area contributed by atoms with Gasteiger partial charge in [-0.15, -0.1) is 0 Å². The highest BCUT2D eigenvalue weighted by atomic mass is 127. The normalized spacial score (nSPS) is 22.3. The first-order valence-corrected chi connectivity index (χ1v) is 5.24. The van der Waals surface area contributed by atoms with Crippen LogP contribution in [0.2, 0.25) is 0 Å². The van der Waals surface area contributed by atoms with Crippen molar-refractivity contribution in [3.63, 3.8) is 0 Å². The van der Waals surface area contributed by atoms with E-state index in [1.165, 1.54) is 0 Å². The Hall–Kier alpha value is -0.430. The molecule has 1 aromatic rings. The lowest BCUT2D eigenvalue weighted by Crippen LogP contribution is -2.23. The molecule has 0 amide bonds. The van der Waals surface area contributed by atoms with E-state index >= 15 is 0 Å². The molecule has 2 heterocycles. The van der Waals surface area contributed by atoms with E-state index in [0.29, 0.717) is 6.54 Å². The number of nitrogens with zero attached hydrogens (tertiary/aromatic N) is 3. The molecule has 1 N–H and O–H groups in total. The SMILES string of the molecule is OC1CCN(c2ncncc2I)C1. The molecule has 0 aromatic carbocycles. The van der Waals surface area contributed by atoms with Crippen molar-refractivity contribution in [1.29, 1.82) is 0 Å². The van der Waals surface area contributed by atoms with Gasteiger partial charge in [0.2, 0.25) is 0 Å². The zero-order valence-electron chi connectivity index (χ0n) is 7.02. The molecule has 13 heavy (non-hydrogen) atoms. The van der Waals surface area contributed by atoms with Gasteiger partial charge in [-0.2, -0.15) is 0 Å². The maximum atomic E-state index is 9.36. The van der Waals surface area contributed by atoms with Crippen molar-refractivity contribution in [1.82, 2.24) is 9.97 Å². The zero-order valence-corrected chi connectivity index (χ0v) is 9.18. The molecule has 0 bridgehead atoms. The third-order valence-corrected chi connectivity index (χ3v) is 2.87. The highest BCUT2D eigenvalue weighted by Gasteiger charge is 2.22. The van der Waals surface area contributed by atoms with Crippen LogP contribution in [0.3, 0.4) is 0 Å². The Kier molecular flexibility index (Phi) is 2.63. The van der Waals surface area contributed by atoms with Gasteiger partial charge in [0.15, 0.2) is 0 Å². The Morgan fingerprint density at radius 3 is 3.08 bits per heavy atom. The van der Waals surface area contributed by atoms with E-state index < -0.39 is 0 Å². The number of rotatable bonds is 1. The molecule has 1 aromatic heterocycles. The predicted octanol–water partition coefficient (Wildman–Crippen LogP) is 0.652. The van der Waals surface area contributed by atoms with Gasteiger partial charge in [0.05, 0.1) is 9.67 Å². The molecule has 0 radical (unpaired) electrons.